The van der Waals surface area contributed by atoms with Crippen LogP contribution in [0.5, 0.6) is 0 Å². The molecule has 3 N–H and O–H groups in total. The summed E-state index contributed by atoms with van der Waals surface area (Å²) in [5.74, 6) is -0.141. The van der Waals surface area contributed by atoms with Crippen LogP contribution in [0, 0.1) is 0 Å². The monoisotopic (exact) mass is 353 g/mol. The molecule has 1 aromatic rings. The van der Waals surface area contributed by atoms with Crippen LogP contribution in [0.15, 0.2) is 12.4 Å². The van der Waals surface area contributed by atoms with Gasteiger partial charge in [-0.05, 0) is 47.3 Å². The van der Waals surface area contributed by atoms with Gasteiger partial charge in [0.25, 0.3) is 0 Å². The molecule has 6 nitrogen and oxygen atoms in total. The molecule has 8 heteroatoms. The minimum Gasteiger partial charge on any atom is -0.322 e. The summed E-state index contributed by atoms with van der Waals surface area (Å²) >= 11 is 0. The number of anilines is 1. The zero-order valence-electron chi connectivity index (χ0n) is 13.8. The number of aromatic nitrogens is 2. The van der Waals surface area contributed by atoms with Crippen LogP contribution in [0.1, 0.15) is 39.2 Å². The van der Waals surface area contributed by atoms with E-state index >= 15 is 0 Å². The Morgan fingerprint density at radius 2 is 2.00 bits per heavy atom. The molecule has 0 radical (unpaired) electrons. The zero-order chi connectivity index (χ0) is 15.1. The van der Waals surface area contributed by atoms with E-state index in [1.165, 1.54) is 0 Å². The van der Waals surface area contributed by atoms with E-state index in [4.69, 9.17) is 5.73 Å². The van der Waals surface area contributed by atoms with Gasteiger partial charge < -0.3 is 16.0 Å². The third-order valence-electron chi connectivity index (χ3n) is 3.11. The van der Waals surface area contributed by atoms with E-state index in [9.17, 15) is 4.79 Å². The number of halogens is 2. The van der Waals surface area contributed by atoms with Crippen molar-refractivity contribution in [1.29, 1.82) is 0 Å². The molecule has 0 spiro atoms. The molecule has 22 heavy (non-hydrogen) atoms. The topological polar surface area (TPSA) is 76.2 Å². The van der Waals surface area contributed by atoms with E-state index in [2.05, 4.69) is 15.3 Å². The Morgan fingerprint density at radius 1 is 1.36 bits per heavy atom. The highest BCUT2D eigenvalue weighted by molar-refractivity contribution is 5.94. The standard InChI is InChI=1S/C14H27N5O.2ClH/c1-11(2)19-10-12(9-16-19)17-14(20)13(15)7-5-6-8-18(3)4;;/h9-11,13H,5-8,15H2,1-4H3,(H,17,20);2*1H/t13-;;/m0../s1. The average molecular weight is 354 g/mol. The third kappa shape index (κ3) is 8.58. The fraction of sp³-hybridized carbons (Fsp3) is 0.714. The number of nitrogens with zero attached hydrogens (tertiary/aromatic N) is 3. The summed E-state index contributed by atoms with van der Waals surface area (Å²) < 4.78 is 1.80. The first-order chi connectivity index (χ1) is 9.40. The first-order valence-corrected chi connectivity index (χ1v) is 7.15. The van der Waals surface area contributed by atoms with Gasteiger partial charge in [0.15, 0.2) is 0 Å². The maximum absolute atomic E-state index is 11.9. The fourth-order valence-electron chi connectivity index (χ4n) is 1.84. The molecule has 0 fully saturated rings. The van der Waals surface area contributed by atoms with Crippen molar-refractivity contribution in [3.8, 4) is 0 Å². The van der Waals surface area contributed by atoms with Crippen molar-refractivity contribution < 1.29 is 4.79 Å². The van der Waals surface area contributed by atoms with Gasteiger partial charge in [0.05, 0.1) is 17.9 Å². The summed E-state index contributed by atoms with van der Waals surface area (Å²) in [6, 6.07) is -0.181. The highest BCUT2D eigenvalue weighted by Gasteiger charge is 2.14. The lowest BCUT2D eigenvalue weighted by molar-refractivity contribution is -0.117. The summed E-state index contributed by atoms with van der Waals surface area (Å²) in [5, 5.41) is 6.99. The van der Waals surface area contributed by atoms with Crippen molar-refractivity contribution in [2.45, 2.75) is 45.2 Å². The molecule has 0 bridgehead atoms. The summed E-state index contributed by atoms with van der Waals surface area (Å²) in [7, 11) is 4.08. The van der Waals surface area contributed by atoms with Crippen molar-refractivity contribution in [3.05, 3.63) is 12.4 Å². The summed E-state index contributed by atoms with van der Waals surface area (Å²) in [6.07, 6.45) is 6.19. The Kier molecular flexibility index (Phi) is 12.5. The second-order valence-corrected chi connectivity index (χ2v) is 5.70. The summed E-state index contributed by atoms with van der Waals surface area (Å²) in [5.41, 5.74) is 6.60. The predicted molar refractivity (Wildman–Crippen MR) is 96.1 cm³/mol. The van der Waals surface area contributed by atoms with Gasteiger partial charge in [-0.3, -0.25) is 9.48 Å². The quantitative estimate of drug-likeness (QED) is 0.703. The lowest BCUT2D eigenvalue weighted by atomic mass is 10.1. The van der Waals surface area contributed by atoms with Gasteiger partial charge >= 0.3 is 0 Å². The highest BCUT2D eigenvalue weighted by atomic mass is 35.5. The van der Waals surface area contributed by atoms with E-state index in [0.717, 1.165) is 19.4 Å². The number of nitrogens with one attached hydrogen (secondary N) is 1. The molecule has 0 saturated carbocycles. The SMILES string of the molecule is CC(C)n1cc(NC(=O)[C@@H](N)CCCCN(C)C)cn1.Cl.Cl. The largest absolute Gasteiger partial charge is 0.322 e. The van der Waals surface area contributed by atoms with Crippen molar-refractivity contribution in [2.75, 3.05) is 26.0 Å². The normalized spacial score (nSPS) is 11.8. The van der Waals surface area contributed by atoms with Gasteiger partial charge in [0.2, 0.25) is 5.91 Å². The first kappa shape index (κ1) is 23.4. The molecule has 0 saturated heterocycles. The lowest BCUT2D eigenvalue weighted by Gasteiger charge is -2.12. The number of carbonyl (C=O) groups is 1. The van der Waals surface area contributed by atoms with E-state index in [1.54, 1.807) is 10.9 Å². The number of rotatable bonds is 8. The number of hydrogen-bond donors (Lipinski definition) is 2. The first-order valence-electron chi connectivity index (χ1n) is 7.15. The molecule has 1 aromatic heterocycles. The van der Waals surface area contributed by atoms with E-state index in [-0.39, 0.29) is 36.8 Å². The van der Waals surface area contributed by atoms with Crippen LogP contribution in [-0.4, -0.2) is 47.3 Å². The molecule has 1 rings (SSSR count). The van der Waals surface area contributed by atoms with Crippen LogP contribution in [0.25, 0.3) is 0 Å². The van der Waals surface area contributed by atoms with Gasteiger partial charge in [0, 0.05) is 12.2 Å². The number of hydrogen-bond acceptors (Lipinski definition) is 4. The molecule has 1 amide bonds. The van der Waals surface area contributed by atoms with Crippen molar-refractivity contribution >= 4 is 36.4 Å². The molecular formula is C14H29Cl2N5O. The molecule has 130 valence electrons. The Morgan fingerprint density at radius 3 is 2.50 bits per heavy atom. The number of amides is 1. The summed E-state index contributed by atoms with van der Waals surface area (Å²) in [6.45, 7) is 5.10. The minimum atomic E-state index is -0.459. The average Bonchev–Trinajstić information content (AvgIpc) is 2.82. The van der Waals surface area contributed by atoms with Crippen LogP contribution in [0.4, 0.5) is 5.69 Å². The number of nitrogens with two attached hydrogens (primary N) is 1. The molecule has 1 atom stereocenters. The van der Waals surface area contributed by atoms with Crippen LogP contribution >= 0.6 is 24.8 Å². The van der Waals surface area contributed by atoms with E-state index in [1.807, 2.05) is 34.1 Å². The lowest BCUT2D eigenvalue weighted by Crippen LogP contribution is -2.35. The molecule has 0 unspecified atom stereocenters. The fourth-order valence-corrected chi connectivity index (χ4v) is 1.84. The molecular weight excluding hydrogens is 325 g/mol. The predicted octanol–water partition coefficient (Wildman–Crippen LogP) is 2.31. The molecule has 0 aliphatic heterocycles. The highest BCUT2D eigenvalue weighted by Crippen LogP contribution is 2.11. The molecule has 0 aromatic carbocycles. The molecule has 1 heterocycles. The Bertz CT molecular complexity index is 423. The van der Waals surface area contributed by atoms with Crippen LogP contribution < -0.4 is 11.1 Å². The number of unbranched alkanes of at least 4 members (excludes halogenated alkanes) is 1. The van der Waals surface area contributed by atoms with E-state index in [0.29, 0.717) is 12.1 Å². The second kappa shape index (κ2) is 11.7. The van der Waals surface area contributed by atoms with Crippen LogP contribution in [0.3, 0.4) is 0 Å². The van der Waals surface area contributed by atoms with E-state index < -0.39 is 6.04 Å². The van der Waals surface area contributed by atoms with Gasteiger partial charge in [-0.15, -0.1) is 24.8 Å². The van der Waals surface area contributed by atoms with Crippen molar-refractivity contribution in [1.82, 2.24) is 14.7 Å². The summed E-state index contributed by atoms with van der Waals surface area (Å²) in [4.78, 5) is 14.1. The Balaban J connectivity index is 0. The van der Waals surface area contributed by atoms with Gasteiger partial charge in [-0.25, -0.2) is 0 Å². The van der Waals surface area contributed by atoms with Crippen LogP contribution in [-0.2, 0) is 4.79 Å². The zero-order valence-corrected chi connectivity index (χ0v) is 15.4. The van der Waals surface area contributed by atoms with Crippen molar-refractivity contribution in [2.24, 2.45) is 5.73 Å². The smallest absolute Gasteiger partial charge is 0.241 e. The third-order valence-corrected chi connectivity index (χ3v) is 3.11. The van der Waals surface area contributed by atoms with Crippen molar-refractivity contribution in [3.63, 3.8) is 0 Å². The number of carbonyl (C=O) groups excluding carboxylic acids is 1. The molecule has 0 aliphatic rings. The van der Waals surface area contributed by atoms with Gasteiger partial charge in [-0.1, -0.05) is 6.42 Å². The van der Waals surface area contributed by atoms with Crippen LogP contribution in [0.2, 0.25) is 0 Å². The van der Waals surface area contributed by atoms with Gasteiger partial charge in [0.1, 0.15) is 0 Å². The maximum atomic E-state index is 11.9. The minimum absolute atomic E-state index is 0. The maximum Gasteiger partial charge on any atom is 0.241 e. The Labute approximate surface area is 145 Å². The van der Waals surface area contributed by atoms with Gasteiger partial charge in [-0.2, -0.15) is 5.10 Å². The Hall–Kier alpha value is -0.820. The molecule has 0 aliphatic carbocycles. The second-order valence-electron chi connectivity index (χ2n) is 5.70.